The van der Waals surface area contributed by atoms with E-state index in [1.807, 2.05) is 56.3 Å². The van der Waals surface area contributed by atoms with Crippen LogP contribution >= 0.6 is 0 Å². The number of carbonyl (C=O) groups excluding carboxylic acids is 2. The predicted molar refractivity (Wildman–Crippen MR) is 176 cm³/mol. The van der Waals surface area contributed by atoms with Gasteiger partial charge < -0.3 is 26.3 Å². The van der Waals surface area contributed by atoms with Crippen molar-refractivity contribution in [3.63, 3.8) is 0 Å². The topological polar surface area (TPSA) is 171 Å². The Labute approximate surface area is 259 Å². The van der Waals surface area contributed by atoms with Crippen molar-refractivity contribution in [1.29, 1.82) is 0 Å². The maximum atomic E-state index is 13.6. The van der Waals surface area contributed by atoms with E-state index in [1.54, 1.807) is 22.9 Å². The van der Waals surface area contributed by atoms with Crippen molar-refractivity contribution in [3.05, 3.63) is 87.1 Å². The molecular weight excluding hydrogens is 570 g/mol. The van der Waals surface area contributed by atoms with E-state index in [4.69, 9.17) is 5.73 Å². The van der Waals surface area contributed by atoms with Gasteiger partial charge in [0.15, 0.2) is 0 Å². The van der Waals surface area contributed by atoms with E-state index in [0.717, 1.165) is 47.9 Å². The Morgan fingerprint density at radius 1 is 0.889 bits per heavy atom. The van der Waals surface area contributed by atoms with Crippen LogP contribution < -0.4 is 27.6 Å². The Bertz CT molecular complexity index is 1960. The first-order chi connectivity index (χ1) is 21.7. The number of hydrogen-bond donors (Lipinski definition) is 6. The average molecular weight is 610 g/mol. The summed E-state index contributed by atoms with van der Waals surface area (Å²) in [5.74, 6) is -0.177. The Morgan fingerprint density at radius 3 is 2.31 bits per heavy atom. The molecule has 6 rings (SSSR count). The highest BCUT2D eigenvalue weighted by molar-refractivity contribution is 5.98. The lowest BCUT2D eigenvalue weighted by Gasteiger charge is -2.28. The van der Waals surface area contributed by atoms with Crippen LogP contribution in [0.1, 0.15) is 51.1 Å². The van der Waals surface area contributed by atoms with Crippen LogP contribution in [0.15, 0.2) is 70.3 Å². The van der Waals surface area contributed by atoms with Gasteiger partial charge in [-0.1, -0.05) is 30.3 Å². The van der Waals surface area contributed by atoms with Gasteiger partial charge in [0.25, 0.3) is 5.56 Å². The van der Waals surface area contributed by atoms with Gasteiger partial charge in [-0.15, -0.1) is 0 Å². The second kappa shape index (κ2) is 12.6. The number of nitrogens with two attached hydrogens (primary N) is 1. The lowest BCUT2D eigenvalue weighted by molar-refractivity contribution is -0.130. The molecule has 0 spiro atoms. The van der Waals surface area contributed by atoms with Crippen molar-refractivity contribution in [3.8, 4) is 11.1 Å². The SMILES string of the molecule is CC(C)n1[nH]c2cc(-c3ccc(C[C@H](NC(=O)[C@H]4CC[C@H](CN)CC4)C(=O)Nc4ccc5[nH]c(=O)[nH]c5c4)cc3)ccc2c1=O. The summed E-state index contributed by atoms with van der Waals surface area (Å²) in [4.78, 5) is 56.7. The van der Waals surface area contributed by atoms with E-state index >= 15 is 0 Å². The van der Waals surface area contributed by atoms with Gasteiger partial charge in [0, 0.05) is 24.1 Å². The zero-order chi connectivity index (χ0) is 31.7. The third-order valence-electron chi connectivity index (χ3n) is 8.92. The van der Waals surface area contributed by atoms with Gasteiger partial charge in [-0.2, -0.15) is 0 Å². The summed E-state index contributed by atoms with van der Waals surface area (Å²) in [6.45, 7) is 4.55. The zero-order valence-corrected chi connectivity index (χ0v) is 25.5. The van der Waals surface area contributed by atoms with Crippen LogP contribution in [0.2, 0.25) is 0 Å². The Balaban J connectivity index is 1.21. The molecule has 1 fully saturated rings. The fourth-order valence-electron chi connectivity index (χ4n) is 6.24. The van der Waals surface area contributed by atoms with Crippen LogP contribution in [0.25, 0.3) is 33.1 Å². The van der Waals surface area contributed by atoms with Crippen LogP contribution in [0.4, 0.5) is 5.69 Å². The van der Waals surface area contributed by atoms with Gasteiger partial charge in [0.05, 0.1) is 21.9 Å². The number of imidazole rings is 1. The minimum atomic E-state index is -0.811. The molecule has 1 atom stereocenters. The van der Waals surface area contributed by atoms with Gasteiger partial charge in [0.2, 0.25) is 11.8 Å². The van der Waals surface area contributed by atoms with Crippen LogP contribution in [-0.4, -0.2) is 44.1 Å². The molecule has 2 aromatic heterocycles. The first kappa shape index (κ1) is 30.1. The molecule has 1 aliphatic rings. The maximum Gasteiger partial charge on any atom is 0.323 e. The van der Waals surface area contributed by atoms with Crippen molar-refractivity contribution in [1.82, 2.24) is 25.1 Å². The summed E-state index contributed by atoms with van der Waals surface area (Å²) >= 11 is 0. The van der Waals surface area contributed by atoms with Crippen LogP contribution in [0.5, 0.6) is 0 Å². The molecule has 0 bridgehead atoms. The molecule has 2 heterocycles. The van der Waals surface area contributed by atoms with Gasteiger partial charge >= 0.3 is 5.69 Å². The number of amides is 2. The number of nitrogens with one attached hydrogen (secondary N) is 5. The molecule has 1 saturated carbocycles. The standard InChI is InChI=1S/C34H39N7O4/c1-19(2)41-33(44)26-13-11-24(16-28(26)40-41)22-7-3-20(4-8-22)15-30(37-31(42)23-9-5-21(18-35)6-10-23)32(43)36-25-12-14-27-29(17-25)39-34(45)38-27/h3-4,7-8,11-14,16-17,19,21,23,30,40H,5-6,9-10,15,18,35H2,1-2H3,(H,36,43)(H,37,42)(H2,38,39,45)/t21-,23-,30-/m0/s1. The Kier molecular flexibility index (Phi) is 8.44. The van der Waals surface area contributed by atoms with Crippen molar-refractivity contribution < 1.29 is 9.59 Å². The molecule has 1 aliphatic carbocycles. The molecule has 45 heavy (non-hydrogen) atoms. The number of aromatic nitrogens is 4. The average Bonchev–Trinajstić information content (AvgIpc) is 3.58. The van der Waals surface area contributed by atoms with Crippen molar-refractivity contribution in [2.45, 2.75) is 58.0 Å². The zero-order valence-electron chi connectivity index (χ0n) is 25.5. The molecule has 11 nitrogen and oxygen atoms in total. The predicted octanol–water partition coefficient (Wildman–Crippen LogP) is 4.18. The summed E-state index contributed by atoms with van der Waals surface area (Å²) in [5, 5.41) is 9.79. The second-order valence-corrected chi connectivity index (χ2v) is 12.4. The quantitative estimate of drug-likeness (QED) is 0.147. The van der Waals surface area contributed by atoms with Crippen molar-refractivity contribution in [2.24, 2.45) is 17.6 Å². The van der Waals surface area contributed by atoms with Gasteiger partial charge in [0.1, 0.15) is 6.04 Å². The molecule has 0 aliphatic heterocycles. The monoisotopic (exact) mass is 609 g/mol. The fraction of sp³-hybridized carbons (Fsp3) is 0.353. The molecule has 0 radical (unpaired) electrons. The second-order valence-electron chi connectivity index (χ2n) is 12.4. The summed E-state index contributed by atoms with van der Waals surface area (Å²) in [6, 6.07) is 17.9. The largest absolute Gasteiger partial charge is 0.344 e. The van der Waals surface area contributed by atoms with Gasteiger partial charge in [-0.25, -0.2) is 9.48 Å². The Hall–Kier alpha value is -4.90. The highest BCUT2D eigenvalue weighted by atomic mass is 16.2. The minimum absolute atomic E-state index is 0.0276. The number of rotatable bonds is 9. The number of fused-ring (bicyclic) bond motifs is 2. The first-order valence-electron chi connectivity index (χ1n) is 15.6. The lowest BCUT2D eigenvalue weighted by Crippen LogP contribution is -2.48. The summed E-state index contributed by atoms with van der Waals surface area (Å²) in [7, 11) is 0. The van der Waals surface area contributed by atoms with Crippen molar-refractivity contribution in [2.75, 3.05) is 11.9 Å². The van der Waals surface area contributed by atoms with E-state index in [2.05, 4.69) is 25.7 Å². The summed E-state index contributed by atoms with van der Waals surface area (Å²) < 4.78 is 1.62. The van der Waals surface area contributed by atoms with Gasteiger partial charge in [-0.05, 0) is 99.0 Å². The summed E-state index contributed by atoms with van der Waals surface area (Å²) in [5.41, 5.74) is 10.8. The van der Waals surface area contributed by atoms with Crippen LogP contribution in [0.3, 0.4) is 0 Å². The Morgan fingerprint density at radius 2 is 1.60 bits per heavy atom. The molecule has 7 N–H and O–H groups in total. The molecular formula is C34H39N7O4. The van der Waals surface area contributed by atoms with Crippen LogP contribution in [-0.2, 0) is 16.0 Å². The normalized spacial score (nSPS) is 17.5. The molecule has 5 aromatic rings. The third-order valence-corrected chi connectivity index (χ3v) is 8.92. The first-order valence-corrected chi connectivity index (χ1v) is 15.6. The van der Waals surface area contributed by atoms with E-state index in [-0.39, 0.29) is 35.0 Å². The van der Waals surface area contributed by atoms with Crippen LogP contribution in [0, 0.1) is 11.8 Å². The summed E-state index contributed by atoms with van der Waals surface area (Å²) in [6.07, 6.45) is 3.62. The molecule has 0 unspecified atom stereocenters. The smallest absolute Gasteiger partial charge is 0.323 e. The van der Waals surface area contributed by atoms with E-state index in [1.165, 1.54) is 0 Å². The molecule has 2 amide bonds. The number of H-pyrrole nitrogens is 3. The number of benzene rings is 3. The molecule has 0 saturated heterocycles. The number of hydrogen-bond acceptors (Lipinski definition) is 5. The fourth-order valence-corrected chi connectivity index (χ4v) is 6.24. The highest BCUT2D eigenvalue weighted by Crippen LogP contribution is 2.29. The third kappa shape index (κ3) is 6.48. The molecule has 234 valence electrons. The van der Waals surface area contributed by atoms with Crippen molar-refractivity contribution >= 4 is 39.4 Å². The molecule has 3 aromatic carbocycles. The van der Waals surface area contributed by atoms with Gasteiger partial charge in [-0.3, -0.25) is 19.5 Å². The number of carbonyl (C=O) groups is 2. The number of nitrogens with zero attached hydrogens (tertiary/aromatic N) is 1. The molecule has 11 heteroatoms. The lowest BCUT2D eigenvalue weighted by atomic mass is 9.81. The highest BCUT2D eigenvalue weighted by Gasteiger charge is 2.29. The van der Waals surface area contributed by atoms with E-state index in [9.17, 15) is 19.2 Å². The number of aromatic amines is 3. The van der Waals surface area contributed by atoms with E-state index in [0.29, 0.717) is 41.0 Å². The maximum absolute atomic E-state index is 13.6. The minimum Gasteiger partial charge on any atom is -0.344 e. The van der Waals surface area contributed by atoms with E-state index < -0.39 is 6.04 Å². The number of anilines is 1.